The number of carboxylic acid groups (broad SMARTS) is 1. The Balaban J connectivity index is 1.16. The van der Waals surface area contributed by atoms with Crippen LogP contribution in [-0.2, 0) is 65.1 Å². The Bertz CT molecular complexity index is 2500. The van der Waals surface area contributed by atoms with E-state index in [1.165, 1.54) is 34.3 Å². The van der Waals surface area contributed by atoms with Crippen LogP contribution in [0.4, 0.5) is 4.79 Å². The molecule has 1 amide bonds. The van der Waals surface area contributed by atoms with Gasteiger partial charge in [-0.15, -0.1) is 0 Å². The molecule has 3 fully saturated rings. The number of aromatic carboxylic acids is 1. The summed E-state index contributed by atoms with van der Waals surface area (Å²) in [5, 5.41) is 48.2. The molecule has 0 saturated carbocycles. The van der Waals surface area contributed by atoms with Gasteiger partial charge in [-0.05, 0) is 125 Å². The number of alkyl carbamates (subject to hydrolysis) is 1. The molecule has 5 heterocycles. The highest BCUT2D eigenvalue weighted by Crippen LogP contribution is 2.43. The molecule has 19 atom stereocenters. The fourth-order valence-corrected chi connectivity index (χ4v) is 12.6. The summed E-state index contributed by atoms with van der Waals surface area (Å²) >= 11 is 0. The van der Waals surface area contributed by atoms with Crippen molar-refractivity contribution in [3.05, 3.63) is 45.2 Å². The fraction of sp³-hybridized carbons (Fsp3) is 0.776. The molecule has 446 valence electrons. The number of hydrogen-bond acceptors (Lipinski definition) is 18. The highest BCUT2D eigenvalue weighted by Gasteiger charge is 2.55. The van der Waals surface area contributed by atoms with Crippen LogP contribution in [0.3, 0.4) is 0 Å². The topological polar surface area (TPSA) is 270 Å². The molecule has 4 aliphatic rings. The van der Waals surface area contributed by atoms with Gasteiger partial charge in [-0.25, -0.2) is 9.59 Å². The van der Waals surface area contributed by atoms with Crippen molar-refractivity contribution in [1.29, 1.82) is 0 Å². The Labute approximate surface area is 465 Å². The van der Waals surface area contributed by atoms with E-state index < -0.39 is 119 Å². The van der Waals surface area contributed by atoms with E-state index in [2.05, 4.69) is 11.4 Å². The average molecular weight is 1120 g/mol. The smallest absolute Gasteiger partial charge is 0.407 e. The Morgan fingerprint density at radius 1 is 0.899 bits per heavy atom. The molecule has 1 aromatic carbocycles. The number of ketones is 1. The zero-order valence-corrected chi connectivity index (χ0v) is 49.1. The minimum absolute atomic E-state index is 0.00994. The summed E-state index contributed by atoms with van der Waals surface area (Å²) in [4.78, 5) is 69.2. The lowest BCUT2D eigenvalue weighted by Gasteiger charge is -2.50. The minimum Gasteiger partial charge on any atom is -0.477 e. The Morgan fingerprint density at radius 2 is 1.57 bits per heavy atom. The SMILES string of the molecule is CC[C@H]1OC(=O)[C@H](C)[C@@H](O[C@H]2C[C@@](C)(OC)[C@@H](OC(=O)NCCOCCCc3cc4c5c(c3)c(=O)c(C(=O)O)cn5C(C)CC4)[C@H](C)O2)[C@H](C)[C@@H](O[C@H]2O[C@@H](C)C[C@@H](N(C)C)[C@@H]2O)[C@](C)(OC)C[C@@H](C)C(=O)[C@H](C)[C@@H](O)[C@]1(C)O. The van der Waals surface area contributed by atoms with E-state index in [9.17, 15) is 44.4 Å². The van der Waals surface area contributed by atoms with Crippen LogP contribution >= 0.6 is 0 Å². The van der Waals surface area contributed by atoms with Gasteiger partial charge in [0.2, 0.25) is 5.43 Å². The normalized spacial score (nSPS) is 37.8. The number of nitrogens with one attached hydrogen (secondary N) is 1. The largest absolute Gasteiger partial charge is 0.477 e. The number of carbonyl (C=O) groups excluding carboxylic acids is 3. The van der Waals surface area contributed by atoms with Crippen molar-refractivity contribution >= 4 is 34.7 Å². The molecule has 4 aliphatic heterocycles. The summed E-state index contributed by atoms with van der Waals surface area (Å²) < 4.78 is 58.9. The zero-order valence-electron chi connectivity index (χ0n) is 49.1. The van der Waals surface area contributed by atoms with Gasteiger partial charge in [-0.1, -0.05) is 33.8 Å². The van der Waals surface area contributed by atoms with Crippen molar-refractivity contribution < 1.29 is 82.2 Å². The third-order valence-electron chi connectivity index (χ3n) is 17.5. The second-order valence-electron chi connectivity index (χ2n) is 23.8. The first kappa shape index (κ1) is 64.0. The van der Waals surface area contributed by atoms with Crippen LogP contribution in [0.25, 0.3) is 10.9 Å². The summed E-state index contributed by atoms with van der Waals surface area (Å²) in [5.74, 6) is -6.13. The van der Waals surface area contributed by atoms with Crippen molar-refractivity contribution in [2.24, 2.45) is 23.7 Å². The zero-order chi connectivity index (χ0) is 58.6. The predicted molar refractivity (Wildman–Crippen MR) is 291 cm³/mol. The third kappa shape index (κ3) is 14.0. The lowest BCUT2D eigenvalue weighted by molar-refractivity contribution is -0.319. The average Bonchev–Trinajstić information content (AvgIpc) is 3.61. The molecular weight excluding hydrogens is 1030 g/mol. The van der Waals surface area contributed by atoms with Gasteiger partial charge in [-0.3, -0.25) is 14.4 Å². The number of esters is 1. The molecule has 21 heteroatoms. The molecule has 21 nitrogen and oxygen atoms in total. The van der Waals surface area contributed by atoms with Crippen LogP contribution in [0.15, 0.2) is 23.1 Å². The van der Waals surface area contributed by atoms with E-state index in [4.69, 9.17) is 42.6 Å². The van der Waals surface area contributed by atoms with Crippen LogP contribution in [0, 0.1) is 23.7 Å². The number of hydrogen-bond donors (Lipinski definition) is 5. The van der Waals surface area contributed by atoms with Crippen molar-refractivity contribution in [1.82, 2.24) is 14.8 Å². The van der Waals surface area contributed by atoms with E-state index in [1.807, 2.05) is 44.3 Å². The second kappa shape index (κ2) is 26.4. The molecule has 0 radical (unpaired) electrons. The lowest BCUT2D eigenvalue weighted by Crippen LogP contribution is -2.62. The number of nitrogens with zero attached hydrogens (tertiary/aromatic N) is 2. The first-order chi connectivity index (χ1) is 37.0. The van der Waals surface area contributed by atoms with Crippen LogP contribution in [0.5, 0.6) is 0 Å². The number of pyridine rings is 1. The molecule has 0 aliphatic carbocycles. The quantitative estimate of drug-likeness (QED) is 0.0988. The number of methoxy groups -OCH3 is 2. The summed E-state index contributed by atoms with van der Waals surface area (Å²) in [6, 6.07) is 3.60. The van der Waals surface area contributed by atoms with E-state index in [0.29, 0.717) is 31.3 Å². The number of benzene rings is 1. The van der Waals surface area contributed by atoms with E-state index >= 15 is 0 Å². The van der Waals surface area contributed by atoms with Gasteiger partial charge < -0.3 is 77.8 Å². The number of amides is 1. The number of carboxylic acids is 1. The summed E-state index contributed by atoms with van der Waals surface area (Å²) in [6.45, 7) is 19.6. The van der Waals surface area contributed by atoms with E-state index in [0.717, 1.165) is 29.5 Å². The molecule has 1 unspecified atom stereocenters. The first-order valence-electron chi connectivity index (χ1n) is 28.2. The van der Waals surface area contributed by atoms with Crippen molar-refractivity contribution in [3.63, 3.8) is 0 Å². The molecule has 0 spiro atoms. The molecule has 0 bridgehead atoms. The van der Waals surface area contributed by atoms with Gasteiger partial charge in [0.15, 0.2) is 18.7 Å². The van der Waals surface area contributed by atoms with Crippen LogP contribution in [0.1, 0.15) is 142 Å². The third-order valence-corrected chi connectivity index (χ3v) is 17.5. The molecule has 1 aromatic heterocycles. The van der Waals surface area contributed by atoms with Gasteiger partial charge in [0.1, 0.15) is 34.8 Å². The number of likely N-dealkylation sites (N-methyl/N-ethyl adjacent to an activating group) is 1. The fourth-order valence-electron chi connectivity index (χ4n) is 12.6. The van der Waals surface area contributed by atoms with Gasteiger partial charge in [0.05, 0.1) is 54.2 Å². The number of cyclic esters (lactones) is 1. The predicted octanol–water partition coefficient (Wildman–Crippen LogP) is 5.34. The highest BCUT2D eigenvalue weighted by atomic mass is 16.7. The Kier molecular flexibility index (Phi) is 21.4. The molecule has 3 saturated heterocycles. The minimum atomic E-state index is -2.03. The monoisotopic (exact) mass is 1120 g/mol. The number of Topliss-reactive ketones (excluding diaryl/α,β-unsaturated/α-hetero) is 1. The van der Waals surface area contributed by atoms with Crippen molar-refractivity contribution in [2.75, 3.05) is 48.1 Å². The standard InChI is InChI=1S/C58H91N3O18/c1-16-42-58(11,70)49(65)33(5)45(62)30(2)27-56(9,71-14)50(78-54-47(64)41(60(12)13)24-32(4)74-54)34(6)48(35(7)53(68)76-42)77-43-28-57(10,72-15)51(36(8)75-43)79-55(69)59-21-23-73-22-17-18-37-25-38-20-19-31(3)61-29-40(52(66)67)46(63)39(26-37)44(38)61/h25-26,29-36,41-43,47-51,54,64-65,70H,16-24,27-28H2,1-15H3,(H,59,69)(H,66,67)/t30-,31?,32+,33+,34+,35-,36+,41-,42-,43+,47+,48+,49-,50-,51+,54-,56-,57-,58-/m1/s1. The molecule has 6 rings (SSSR count). The molecule has 5 N–H and O–H groups in total. The van der Waals surface area contributed by atoms with E-state index in [-0.39, 0.29) is 61.9 Å². The number of aliphatic hydroxyl groups is 3. The molecule has 2 aromatic rings. The van der Waals surface area contributed by atoms with Gasteiger partial charge >= 0.3 is 18.0 Å². The van der Waals surface area contributed by atoms with Crippen LogP contribution < -0.4 is 10.7 Å². The van der Waals surface area contributed by atoms with E-state index in [1.54, 1.807) is 47.6 Å². The van der Waals surface area contributed by atoms with Gasteiger partial charge in [0.25, 0.3) is 0 Å². The number of aliphatic hydroxyl groups excluding tert-OH is 2. The van der Waals surface area contributed by atoms with Gasteiger partial charge in [-0.2, -0.15) is 0 Å². The van der Waals surface area contributed by atoms with Gasteiger partial charge in [0, 0.05) is 75.2 Å². The van der Waals surface area contributed by atoms with Crippen molar-refractivity contribution in [2.45, 2.75) is 218 Å². The van der Waals surface area contributed by atoms with Crippen LogP contribution in [-0.4, -0.2) is 186 Å². The number of aryl methyl sites for hydroxylation is 2. The molecular formula is C58H91N3O18. The first-order valence-corrected chi connectivity index (χ1v) is 28.2. The van der Waals surface area contributed by atoms with Crippen LogP contribution in [0.2, 0.25) is 0 Å². The lowest BCUT2D eigenvalue weighted by atomic mass is 9.74. The number of aromatic nitrogens is 1. The summed E-state index contributed by atoms with van der Waals surface area (Å²) in [7, 11) is 6.70. The number of rotatable bonds is 17. The Morgan fingerprint density at radius 3 is 2.20 bits per heavy atom. The maximum absolute atomic E-state index is 14.6. The Hall–Kier alpha value is -4.13. The maximum Gasteiger partial charge on any atom is 0.407 e. The summed E-state index contributed by atoms with van der Waals surface area (Å²) in [6.07, 6.45) is -6.25. The van der Waals surface area contributed by atoms with Crippen molar-refractivity contribution in [3.8, 4) is 0 Å². The number of carbonyl (C=O) groups is 4. The summed E-state index contributed by atoms with van der Waals surface area (Å²) in [5.41, 5.74) is -2.58. The number of ether oxygens (including phenoxy) is 9. The molecule has 79 heavy (non-hydrogen) atoms. The second-order valence-corrected chi connectivity index (χ2v) is 23.8. The maximum atomic E-state index is 14.6. The highest BCUT2D eigenvalue weighted by molar-refractivity contribution is 5.94.